The van der Waals surface area contributed by atoms with Crippen LogP contribution < -0.4 is 5.73 Å². The lowest BCUT2D eigenvalue weighted by molar-refractivity contribution is -0.163. The molecule has 0 unspecified atom stereocenters. The van der Waals surface area contributed by atoms with Gasteiger partial charge in [0.2, 0.25) is 11.8 Å². The summed E-state index contributed by atoms with van der Waals surface area (Å²) in [6.45, 7) is 3.16. The number of halogens is 2. The number of piperidine rings is 1. The van der Waals surface area contributed by atoms with Crippen molar-refractivity contribution in [2.75, 3.05) is 5.73 Å². The average molecular weight is 400 g/mol. The lowest BCUT2D eigenvalue weighted by Gasteiger charge is -2.32. The normalized spacial score (nSPS) is 16.6. The number of aromatic nitrogens is 1. The number of aryl methyl sites for hydroxylation is 1. The number of benzene rings is 1. The molecule has 1 aromatic carbocycles. The van der Waals surface area contributed by atoms with Gasteiger partial charge in [-0.05, 0) is 43.5 Å². The maximum absolute atomic E-state index is 15.3. The summed E-state index contributed by atoms with van der Waals surface area (Å²) in [6, 6.07) is 2.44. The maximum atomic E-state index is 15.3. The minimum Gasteiger partial charge on any atom is -0.383 e. The number of nitrogens with two attached hydrogens (primary N) is 1. The monoisotopic (exact) mass is 400 g/mol. The summed E-state index contributed by atoms with van der Waals surface area (Å²) >= 11 is 0. The zero-order valence-corrected chi connectivity index (χ0v) is 15.9. The van der Waals surface area contributed by atoms with Crippen LogP contribution in [-0.4, -0.2) is 32.7 Å². The molecule has 2 aliphatic rings. The Bertz CT molecular complexity index is 1060. The molecular weight excluding hydrogens is 382 g/mol. The van der Waals surface area contributed by atoms with E-state index in [9.17, 15) is 18.8 Å². The second-order valence-corrected chi connectivity index (χ2v) is 7.22. The first-order valence-corrected chi connectivity index (χ1v) is 9.13. The second-order valence-electron chi connectivity index (χ2n) is 7.22. The number of anilines is 1. The Morgan fingerprint density at radius 3 is 2.34 bits per heavy atom. The van der Waals surface area contributed by atoms with Crippen LogP contribution >= 0.6 is 0 Å². The van der Waals surface area contributed by atoms with Crippen LogP contribution in [0.4, 0.5) is 14.6 Å². The molecule has 1 saturated heterocycles. The smallest absolute Gasteiger partial charge is 0.273 e. The first-order valence-electron chi connectivity index (χ1n) is 9.13. The van der Waals surface area contributed by atoms with E-state index in [1.54, 1.807) is 13.8 Å². The topological polar surface area (TPSA) is 96.6 Å². The number of carbonyl (C=O) groups excluding carboxylic acids is 3. The zero-order valence-electron chi connectivity index (χ0n) is 15.9. The number of hydrogen-bond acceptors (Lipinski definition) is 5. The molecule has 0 saturated carbocycles. The average Bonchev–Trinajstić information content (AvgIpc) is 2.96. The molecule has 3 amide bonds. The van der Waals surface area contributed by atoms with E-state index in [0.717, 1.165) is 16.1 Å². The molecule has 3 heterocycles. The molecule has 0 radical (unpaired) electrons. The Morgan fingerprint density at radius 2 is 1.72 bits per heavy atom. The predicted molar refractivity (Wildman–Crippen MR) is 99.1 cm³/mol. The van der Waals surface area contributed by atoms with Gasteiger partial charge in [0.1, 0.15) is 17.5 Å². The van der Waals surface area contributed by atoms with Gasteiger partial charge in [-0.25, -0.2) is 18.8 Å². The molecule has 2 aliphatic heterocycles. The fourth-order valence-corrected chi connectivity index (χ4v) is 3.66. The van der Waals surface area contributed by atoms with E-state index in [2.05, 4.69) is 4.98 Å². The van der Waals surface area contributed by atoms with E-state index in [4.69, 9.17) is 5.73 Å². The van der Waals surface area contributed by atoms with Crippen molar-refractivity contribution in [2.45, 2.75) is 39.7 Å². The van der Waals surface area contributed by atoms with Crippen LogP contribution in [-0.2, 0) is 16.1 Å². The number of pyridine rings is 1. The Balaban J connectivity index is 1.81. The maximum Gasteiger partial charge on any atom is 0.273 e. The van der Waals surface area contributed by atoms with Crippen molar-refractivity contribution in [3.05, 3.63) is 46.0 Å². The highest BCUT2D eigenvalue weighted by Crippen LogP contribution is 2.36. The molecule has 0 aliphatic carbocycles. The SMILES string of the molecule is Cc1cc(-c2c(F)cc3c(c2F)CN(N2C(=O)CCCC2=O)C3=O)nc(N)c1C. The molecular formula is C20H18F2N4O3. The number of nitrogen functional groups attached to an aromatic ring is 1. The molecule has 1 aromatic heterocycles. The van der Waals surface area contributed by atoms with Crippen molar-refractivity contribution in [2.24, 2.45) is 0 Å². The van der Waals surface area contributed by atoms with Crippen molar-refractivity contribution in [1.82, 2.24) is 15.0 Å². The van der Waals surface area contributed by atoms with E-state index < -0.39 is 34.9 Å². The van der Waals surface area contributed by atoms with E-state index in [1.807, 2.05) is 0 Å². The van der Waals surface area contributed by atoms with Crippen molar-refractivity contribution in [1.29, 1.82) is 0 Å². The van der Waals surface area contributed by atoms with Crippen LogP contribution in [0.2, 0.25) is 0 Å². The molecule has 2 aromatic rings. The second kappa shape index (κ2) is 6.61. The van der Waals surface area contributed by atoms with Gasteiger partial charge in [-0.2, -0.15) is 5.01 Å². The number of imide groups is 1. The van der Waals surface area contributed by atoms with Crippen molar-refractivity contribution in [3.63, 3.8) is 0 Å². The quantitative estimate of drug-likeness (QED) is 0.782. The first kappa shape index (κ1) is 19.0. The van der Waals surface area contributed by atoms with Crippen molar-refractivity contribution >= 4 is 23.5 Å². The highest BCUT2D eigenvalue weighted by Gasteiger charge is 2.41. The Kier molecular flexibility index (Phi) is 4.33. The van der Waals surface area contributed by atoms with Crippen LogP contribution in [0.3, 0.4) is 0 Å². The van der Waals surface area contributed by atoms with Gasteiger partial charge in [-0.3, -0.25) is 14.4 Å². The minimum absolute atomic E-state index is 0.0134. The van der Waals surface area contributed by atoms with Crippen LogP contribution in [0.5, 0.6) is 0 Å². The van der Waals surface area contributed by atoms with Gasteiger partial charge in [0, 0.05) is 18.4 Å². The van der Waals surface area contributed by atoms with Gasteiger partial charge >= 0.3 is 0 Å². The van der Waals surface area contributed by atoms with E-state index in [0.29, 0.717) is 17.5 Å². The molecule has 29 heavy (non-hydrogen) atoms. The van der Waals surface area contributed by atoms with Gasteiger partial charge in [0.05, 0.1) is 23.4 Å². The van der Waals surface area contributed by atoms with E-state index >= 15 is 4.39 Å². The summed E-state index contributed by atoms with van der Waals surface area (Å²) in [5.41, 5.74) is 6.58. The number of fused-ring (bicyclic) bond motifs is 1. The first-order chi connectivity index (χ1) is 13.7. The number of hydrogen-bond donors (Lipinski definition) is 1. The summed E-state index contributed by atoms with van der Waals surface area (Å²) < 4.78 is 30.1. The Morgan fingerprint density at radius 1 is 1.07 bits per heavy atom. The summed E-state index contributed by atoms with van der Waals surface area (Å²) in [7, 11) is 0. The summed E-state index contributed by atoms with van der Waals surface area (Å²) in [5.74, 6) is -3.63. The van der Waals surface area contributed by atoms with Crippen LogP contribution in [0.1, 0.15) is 46.3 Å². The number of amides is 3. The number of hydrazine groups is 1. The van der Waals surface area contributed by atoms with Crippen molar-refractivity contribution < 1.29 is 23.2 Å². The number of carbonyl (C=O) groups is 3. The van der Waals surface area contributed by atoms with Gasteiger partial charge < -0.3 is 5.73 Å². The van der Waals surface area contributed by atoms with Gasteiger partial charge in [-0.15, -0.1) is 0 Å². The lowest BCUT2D eigenvalue weighted by Crippen LogP contribution is -2.52. The fraction of sp³-hybridized carbons (Fsp3) is 0.300. The Hall–Kier alpha value is -3.36. The molecule has 4 rings (SSSR count). The molecule has 0 bridgehead atoms. The molecule has 0 atom stereocenters. The van der Waals surface area contributed by atoms with E-state index in [-0.39, 0.29) is 42.0 Å². The molecule has 2 N–H and O–H groups in total. The summed E-state index contributed by atoms with van der Waals surface area (Å²) in [6.07, 6.45) is 0.621. The van der Waals surface area contributed by atoms with Crippen molar-refractivity contribution in [3.8, 4) is 11.3 Å². The van der Waals surface area contributed by atoms with Gasteiger partial charge in [0.25, 0.3) is 5.91 Å². The number of rotatable bonds is 2. The lowest BCUT2D eigenvalue weighted by atomic mass is 10.00. The minimum atomic E-state index is -0.970. The third-order valence-electron chi connectivity index (χ3n) is 5.41. The highest BCUT2D eigenvalue weighted by atomic mass is 19.1. The molecule has 0 spiro atoms. The van der Waals surface area contributed by atoms with Crippen LogP contribution in [0.25, 0.3) is 11.3 Å². The summed E-state index contributed by atoms with van der Waals surface area (Å²) in [5, 5.41) is 1.62. The third-order valence-corrected chi connectivity index (χ3v) is 5.41. The number of nitrogens with zero attached hydrogens (tertiary/aromatic N) is 3. The predicted octanol–water partition coefficient (Wildman–Crippen LogP) is 2.64. The fourth-order valence-electron chi connectivity index (χ4n) is 3.66. The Labute approximate surface area is 165 Å². The van der Waals surface area contributed by atoms with E-state index in [1.165, 1.54) is 6.07 Å². The summed E-state index contributed by atoms with van der Waals surface area (Å²) in [4.78, 5) is 41.1. The van der Waals surface area contributed by atoms with Gasteiger partial charge in [0.15, 0.2) is 0 Å². The van der Waals surface area contributed by atoms with Crippen LogP contribution in [0.15, 0.2) is 12.1 Å². The standard InChI is InChI=1S/C20H18F2N4O3/c1-9-6-14(24-19(23)10(9)2)17-13(21)7-11-12(18(17)22)8-25(20(11)29)26-15(27)4-3-5-16(26)28/h6-7H,3-5,8H2,1-2H3,(H2,23,24). The zero-order chi connectivity index (χ0) is 21.0. The highest BCUT2D eigenvalue weighted by molar-refractivity contribution is 6.05. The molecule has 1 fully saturated rings. The molecule has 7 nitrogen and oxygen atoms in total. The molecule has 150 valence electrons. The molecule has 9 heteroatoms. The third kappa shape index (κ3) is 2.84. The van der Waals surface area contributed by atoms with Crippen LogP contribution in [0, 0.1) is 25.5 Å². The largest absolute Gasteiger partial charge is 0.383 e. The van der Waals surface area contributed by atoms with Gasteiger partial charge in [-0.1, -0.05) is 0 Å².